The molecule has 2 N–H and O–H groups in total. The molecule has 0 radical (unpaired) electrons. The van der Waals surface area contributed by atoms with Gasteiger partial charge in [-0.1, -0.05) is 0 Å². The molecule has 0 atom stereocenters. The molecule has 1 aromatic heterocycles. The Balaban J connectivity index is 2.27. The van der Waals surface area contributed by atoms with Crippen LogP contribution in [0.1, 0.15) is 11.8 Å². The highest BCUT2D eigenvalue weighted by molar-refractivity contribution is 5.09. The third-order valence-corrected chi connectivity index (χ3v) is 2.13. The molecule has 12 heavy (non-hydrogen) atoms. The van der Waals surface area contributed by atoms with Crippen molar-refractivity contribution in [3.05, 3.63) is 11.8 Å². The van der Waals surface area contributed by atoms with Crippen molar-refractivity contribution in [1.29, 1.82) is 0 Å². The Morgan fingerprint density at radius 3 is 2.58 bits per heavy atom. The number of hydrogen-bond acceptors (Lipinski definition) is 5. The van der Waals surface area contributed by atoms with E-state index in [0.717, 1.165) is 0 Å². The van der Waals surface area contributed by atoms with Crippen LogP contribution < -0.4 is 5.73 Å². The summed E-state index contributed by atoms with van der Waals surface area (Å²) in [5.41, 5.74) is 5.40. The van der Waals surface area contributed by atoms with E-state index in [1.54, 1.807) is 6.92 Å². The van der Waals surface area contributed by atoms with Gasteiger partial charge in [0.25, 0.3) is 0 Å². The summed E-state index contributed by atoms with van der Waals surface area (Å²) in [6, 6.07) is 0. The third-order valence-electron chi connectivity index (χ3n) is 2.13. The van der Waals surface area contributed by atoms with Gasteiger partial charge in [-0.2, -0.15) is 0 Å². The number of nitrogens with two attached hydrogens (primary N) is 1. The van der Waals surface area contributed by atoms with Crippen LogP contribution >= 0.6 is 0 Å². The van der Waals surface area contributed by atoms with Gasteiger partial charge in [0.05, 0.1) is 13.2 Å². The topological polar surface area (TPSA) is 74.2 Å². The second-order valence-corrected chi connectivity index (χ2v) is 3.10. The third kappa shape index (κ3) is 0.937. The standard InChI is InChI=1S/C7H11N3O2/c1-5-9-10-6(12-5)7(2-8)3-11-4-7/h2-4,8H2,1H3. The number of aryl methyl sites for hydroxylation is 1. The number of aromatic nitrogens is 2. The van der Waals surface area contributed by atoms with Crippen LogP contribution in [-0.2, 0) is 10.2 Å². The second kappa shape index (κ2) is 2.53. The highest BCUT2D eigenvalue weighted by Crippen LogP contribution is 2.29. The normalized spacial score (nSPS) is 20.5. The van der Waals surface area contributed by atoms with E-state index in [9.17, 15) is 0 Å². The predicted octanol–water partition coefficient (Wildman–Crippen LogP) is -0.395. The van der Waals surface area contributed by atoms with Gasteiger partial charge in [0, 0.05) is 13.5 Å². The molecular formula is C7H11N3O2. The van der Waals surface area contributed by atoms with Gasteiger partial charge in [-0.15, -0.1) is 10.2 Å². The lowest BCUT2D eigenvalue weighted by atomic mass is 9.86. The van der Waals surface area contributed by atoms with Crippen LogP contribution in [0.2, 0.25) is 0 Å². The maximum absolute atomic E-state index is 5.60. The van der Waals surface area contributed by atoms with Crippen molar-refractivity contribution < 1.29 is 9.15 Å². The van der Waals surface area contributed by atoms with Gasteiger partial charge in [0.15, 0.2) is 0 Å². The fourth-order valence-corrected chi connectivity index (χ4v) is 1.19. The van der Waals surface area contributed by atoms with Gasteiger partial charge < -0.3 is 14.9 Å². The first-order chi connectivity index (χ1) is 5.77. The Morgan fingerprint density at radius 1 is 1.50 bits per heavy atom. The van der Waals surface area contributed by atoms with E-state index >= 15 is 0 Å². The molecule has 1 aliphatic heterocycles. The van der Waals surface area contributed by atoms with Gasteiger partial charge in [0.2, 0.25) is 11.8 Å². The smallest absolute Gasteiger partial charge is 0.228 e. The molecule has 2 rings (SSSR count). The molecule has 0 aromatic carbocycles. The Labute approximate surface area is 69.9 Å². The predicted molar refractivity (Wildman–Crippen MR) is 40.6 cm³/mol. The van der Waals surface area contributed by atoms with Crippen molar-refractivity contribution in [2.75, 3.05) is 19.8 Å². The minimum Gasteiger partial charge on any atom is -0.425 e. The summed E-state index contributed by atoms with van der Waals surface area (Å²) >= 11 is 0. The molecule has 2 heterocycles. The zero-order valence-electron chi connectivity index (χ0n) is 6.91. The van der Waals surface area contributed by atoms with Crippen LogP contribution in [0.15, 0.2) is 4.42 Å². The van der Waals surface area contributed by atoms with Crippen LogP contribution in [0.5, 0.6) is 0 Å². The summed E-state index contributed by atoms with van der Waals surface area (Å²) < 4.78 is 10.4. The quantitative estimate of drug-likeness (QED) is 0.652. The molecule has 0 unspecified atom stereocenters. The lowest BCUT2D eigenvalue weighted by Gasteiger charge is -2.36. The number of ether oxygens (including phenoxy) is 1. The molecule has 1 aromatic rings. The second-order valence-electron chi connectivity index (χ2n) is 3.10. The van der Waals surface area contributed by atoms with Gasteiger partial charge in [0.1, 0.15) is 5.41 Å². The first-order valence-electron chi connectivity index (χ1n) is 3.85. The van der Waals surface area contributed by atoms with Crippen LogP contribution in [-0.4, -0.2) is 30.0 Å². The molecule has 66 valence electrons. The van der Waals surface area contributed by atoms with E-state index < -0.39 is 0 Å². The van der Waals surface area contributed by atoms with Crippen molar-refractivity contribution in [1.82, 2.24) is 10.2 Å². The average molecular weight is 169 g/mol. The molecule has 5 nitrogen and oxygen atoms in total. The highest BCUT2D eigenvalue weighted by Gasteiger charge is 2.44. The molecule has 1 aliphatic rings. The Kier molecular flexibility index (Phi) is 1.62. The summed E-state index contributed by atoms with van der Waals surface area (Å²) in [6.45, 7) is 3.44. The van der Waals surface area contributed by atoms with Crippen molar-refractivity contribution >= 4 is 0 Å². The van der Waals surface area contributed by atoms with E-state index in [4.69, 9.17) is 14.9 Å². The number of hydrogen-bond donors (Lipinski definition) is 1. The average Bonchev–Trinajstić information content (AvgIpc) is 2.35. The zero-order chi connectivity index (χ0) is 8.60. The maximum Gasteiger partial charge on any atom is 0.228 e. The largest absolute Gasteiger partial charge is 0.425 e. The Bertz CT molecular complexity index is 274. The minimum absolute atomic E-state index is 0.207. The van der Waals surface area contributed by atoms with E-state index in [-0.39, 0.29) is 5.41 Å². The first-order valence-corrected chi connectivity index (χ1v) is 3.85. The Hall–Kier alpha value is -0.940. The fraction of sp³-hybridized carbons (Fsp3) is 0.714. The Morgan fingerprint density at radius 2 is 2.25 bits per heavy atom. The lowest BCUT2D eigenvalue weighted by Crippen LogP contribution is -2.52. The van der Waals surface area contributed by atoms with E-state index in [1.807, 2.05) is 0 Å². The molecule has 1 saturated heterocycles. The summed E-state index contributed by atoms with van der Waals surface area (Å²) in [7, 11) is 0. The molecular weight excluding hydrogens is 158 g/mol. The van der Waals surface area contributed by atoms with E-state index in [0.29, 0.717) is 31.5 Å². The van der Waals surface area contributed by atoms with Crippen molar-refractivity contribution in [2.24, 2.45) is 5.73 Å². The van der Waals surface area contributed by atoms with Crippen LogP contribution in [0, 0.1) is 6.92 Å². The number of nitrogens with zero attached hydrogens (tertiary/aromatic N) is 2. The SMILES string of the molecule is Cc1nnc(C2(CN)COC2)o1. The monoisotopic (exact) mass is 169 g/mol. The van der Waals surface area contributed by atoms with Crippen molar-refractivity contribution in [2.45, 2.75) is 12.3 Å². The van der Waals surface area contributed by atoms with Crippen LogP contribution in [0.3, 0.4) is 0 Å². The van der Waals surface area contributed by atoms with Gasteiger partial charge in [-0.05, 0) is 0 Å². The summed E-state index contributed by atoms with van der Waals surface area (Å²) in [5.74, 6) is 1.18. The van der Waals surface area contributed by atoms with Gasteiger partial charge >= 0.3 is 0 Å². The molecule has 1 fully saturated rings. The molecule has 0 aliphatic carbocycles. The summed E-state index contributed by atoms with van der Waals surface area (Å²) in [4.78, 5) is 0. The molecule has 0 bridgehead atoms. The molecule has 5 heteroatoms. The highest BCUT2D eigenvalue weighted by atomic mass is 16.5. The minimum atomic E-state index is -0.207. The van der Waals surface area contributed by atoms with Crippen molar-refractivity contribution in [3.8, 4) is 0 Å². The van der Waals surface area contributed by atoms with E-state index in [2.05, 4.69) is 10.2 Å². The van der Waals surface area contributed by atoms with E-state index in [1.165, 1.54) is 0 Å². The summed E-state index contributed by atoms with van der Waals surface area (Å²) in [5, 5.41) is 7.69. The van der Waals surface area contributed by atoms with Crippen LogP contribution in [0.4, 0.5) is 0 Å². The zero-order valence-corrected chi connectivity index (χ0v) is 6.91. The van der Waals surface area contributed by atoms with Crippen LogP contribution in [0.25, 0.3) is 0 Å². The molecule has 0 amide bonds. The summed E-state index contributed by atoms with van der Waals surface area (Å²) in [6.07, 6.45) is 0. The maximum atomic E-state index is 5.60. The van der Waals surface area contributed by atoms with Crippen molar-refractivity contribution in [3.63, 3.8) is 0 Å². The fourth-order valence-electron chi connectivity index (χ4n) is 1.19. The number of rotatable bonds is 2. The lowest BCUT2D eigenvalue weighted by molar-refractivity contribution is -0.0677. The first kappa shape index (κ1) is 7.70. The van der Waals surface area contributed by atoms with Gasteiger partial charge in [-0.3, -0.25) is 0 Å². The van der Waals surface area contributed by atoms with Gasteiger partial charge in [-0.25, -0.2) is 0 Å². The molecule has 0 saturated carbocycles. The molecule has 0 spiro atoms.